The van der Waals surface area contributed by atoms with Crippen LogP contribution in [0.4, 0.5) is 0 Å². The fourth-order valence-electron chi connectivity index (χ4n) is 4.01. The van der Waals surface area contributed by atoms with Crippen LogP contribution in [-0.2, 0) is 0 Å². The van der Waals surface area contributed by atoms with Gasteiger partial charge in [0, 0.05) is 25.2 Å². The molecule has 1 fully saturated rings. The summed E-state index contributed by atoms with van der Waals surface area (Å²) in [7, 11) is 4.37. The van der Waals surface area contributed by atoms with Crippen LogP contribution in [0.1, 0.15) is 53.4 Å². The lowest BCUT2D eigenvalue weighted by Crippen LogP contribution is -2.57. The molecule has 0 amide bonds. The normalized spacial score (nSPS) is 30.3. The molecular formula is C18H39N3. The largest absolute Gasteiger partial charge is 0.312 e. The molecule has 0 aromatic rings. The molecule has 21 heavy (non-hydrogen) atoms. The molecule has 1 N–H and O–H groups in total. The molecule has 0 aromatic carbocycles. The smallest absolute Gasteiger partial charge is 0.0275 e. The maximum atomic E-state index is 3.85. The summed E-state index contributed by atoms with van der Waals surface area (Å²) >= 11 is 0. The second kappa shape index (κ2) is 9.81. The molecule has 0 heterocycles. The molecule has 1 aliphatic rings. The molecule has 4 unspecified atom stereocenters. The summed E-state index contributed by atoms with van der Waals surface area (Å²) in [5.41, 5.74) is 0. The lowest BCUT2D eigenvalue weighted by molar-refractivity contribution is 0.0566. The zero-order valence-corrected chi connectivity index (χ0v) is 15.4. The molecule has 0 spiro atoms. The predicted octanol–water partition coefficient (Wildman–Crippen LogP) is 3.06. The minimum Gasteiger partial charge on any atom is -0.312 e. The lowest BCUT2D eigenvalue weighted by atomic mass is 9.75. The maximum Gasteiger partial charge on any atom is 0.0275 e. The third-order valence-electron chi connectivity index (χ3n) is 4.85. The van der Waals surface area contributed by atoms with Crippen LogP contribution in [0.25, 0.3) is 0 Å². The summed E-state index contributed by atoms with van der Waals surface area (Å²) in [5.74, 6) is 1.67. The van der Waals surface area contributed by atoms with Crippen molar-refractivity contribution in [2.24, 2.45) is 11.8 Å². The summed E-state index contributed by atoms with van der Waals surface area (Å²) in [6, 6.07) is 1.39. The summed E-state index contributed by atoms with van der Waals surface area (Å²) in [5, 5.41) is 3.85. The van der Waals surface area contributed by atoms with Crippen LogP contribution in [-0.4, -0.2) is 62.2 Å². The van der Waals surface area contributed by atoms with Gasteiger partial charge in [-0.05, 0) is 64.7 Å². The molecule has 1 saturated carbocycles. The summed E-state index contributed by atoms with van der Waals surface area (Å²) < 4.78 is 0. The Bertz CT molecular complexity index is 267. The predicted molar refractivity (Wildman–Crippen MR) is 93.8 cm³/mol. The Morgan fingerprint density at radius 2 is 1.67 bits per heavy atom. The molecule has 3 heteroatoms. The summed E-state index contributed by atoms with van der Waals surface area (Å²) in [6.45, 7) is 14.3. The first-order chi connectivity index (χ1) is 9.99. The minimum absolute atomic E-state index is 0.678. The highest BCUT2D eigenvalue weighted by Crippen LogP contribution is 2.32. The van der Waals surface area contributed by atoms with Gasteiger partial charge in [-0.15, -0.1) is 0 Å². The van der Waals surface area contributed by atoms with Crippen LogP contribution < -0.4 is 5.32 Å². The van der Waals surface area contributed by atoms with E-state index in [1.807, 2.05) is 0 Å². The van der Waals surface area contributed by atoms with E-state index in [-0.39, 0.29) is 0 Å². The standard InChI is InChI=1S/C18H39N3/c1-7-9-19-17-14-15(3)13-16(4)18(17)21(10-8-2)12-11-20(5)6/h15-19H,7-14H2,1-6H3. The van der Waals surface area contributed by atoms with E-state index in [9.17, 15) is 0 Å². The second-order valence-corrected chi connectivity index (χ2v) is 7.44. The van der Waals surface area contributed by atoms with E-state index in [4.69, 9.17) is 0 Å². The minimum atomic E-state index is 0.678. The van der Waals surface area contributed by atoms with Crippen molar-refractivity contribution in [1.82, 2.24) is 15.1 Å². The highest BCUT2D eigenvalue weighted by molar-refractivity contribution is 4.94. The Morgan fingerprint density at radius 1 is 0.952 bits per heavy atom. The number of likely N-dealkylation sites (N-methyl/N-ethyl adjacent to an activating group) is 1. The van der Waals surface area contributed by atoms with Gasteiger partial charge in [0.2, 0.25) is 0 Å². The van der Waals surface area contributed by atoms with E-state index in [0.717, 1.165) is 18.4 Å². The van der Waals surface area contributed by atoms with Crippen molar-refractivity contribution in [1.29, 1.82) is 0 Å². The van der Waals surface area contributed by atoms with E-state index in [0.29, 0.717) is 12.1 Å². The summed E-state index contributed by atoms with van der Waals surface area (Å²) in [6.07, 6.45) is 5.22. The third-order valence-corrected chi connectivity index (χ3v) is 4.85. The monoisotopic (exact) mass is 297 g/mol. The van der Waals surface area contributed by atoms with Crippen molar-refractivity contribution in [2.75, 3.05) is 40.3 Å². The highest BCUT2D eigenvalue weighted by Gasteiger charge is 2.36. The maximum absolute atomic E-state index is 3.85. The molecule has 126 valence electrons. The first-order valence-electron chi connectivity index (χ1n) is 9.11. The first-order valence-corrected chi connectivity index (χ1v) is 9.11. The van der Waals surface area contributed by atoms with E-state index in [1.165, 1.54) is 45.3 Å². The van der Waals surface area contributed by atoms with E-state index in [2.05, 4.69) is 56.9 Å². The number of rotatable bonds is 9. The van der Waals surface area contributed by atoms with E-state index in [1.54, 1.807) is 0 Å². The molecule has 1 aliphatic carbocycles. The second-order valence-electron chi connectivity index (χ2n) is 7.44. The van der Waals surface area contributed by atoms with Gasteiger partial charge in [0.1, 0.15) is 0 Å². The van der Waals surface area contributed by atoms with Gasteiger partial charge in [0.15, 0.2) is 0 Å². The van der Waals surface area contributed by atoms with E-state index < -0.39 is 0 Å². The zero-order chi connectivity index (χ0) is 15.8. The van der Waals surface area contributed by atoms with Gasteiger partial charge in [-0.1, -0.05) is 27.7 Å². The Hall–Kier alpha value is -0.120. The third kappa shape index (κ3) is 6.25. The van der Waals surface area contributed by atoms with Gasteiger partial charge >= 0.3 is 0 Å². The Morgan fingerprint density at radius 3 is 2.24 bits per heavy atom. The van der Waals surface area contributed by atoms with Crippen molar-refractivity contribution in [3.63, 3.8) is 0 Å². The molecule has 0 saturated heterocycles. The van der Waals surface area contributed by atoms with Crippen LogP contribution in [0, 0.1) is 11.8 Å². The van der Waals surface area contributed by atoms with Crippen molar-refractivity contribution in [3.8, 4) is 0 Å². The number of nitrogens with one attached hydrogen (secondary N) is 1. The fourth-order valence-corrected chi connectivity index (χ4v) is 4.01. The molecule has 0 aliphatic heterocycles. The van der Waals surface area contributed by atoms with Crippen LogP contribution in [0.5, 0.6) is 0 Å². The Kier molecular flexibility index (Phi) is 8.84. The Labute approximate surface area is 133 Å². The van der Waals surface area contributed by atoms with Gasteiger partial charge in [-0.3, -0.25) is 4.90 Å². The van der Waals surface area contributed by atoms with Crippen molar-refractivity contribution in [3.05, 3.63) is 0 Å². The zero-order valence-electron chi connectivity index (χ0n) is 15.4. The molecule has 0 bridgehead atoms. The quantitative estimate of drug-likeness (QED) is 0.705. The number of hydrogen-bond donors (Lipinski definition) is 1. The average Bonchev–Trinajstić information content (AvgIpc) is 2.41. The van der Waals surface area contributed by atoms with Crippen molar-refractivity contribution >= 4 is 0 Å². The number of hydrogen-bond acceptors (Lipinski definition) is 3. The summed E-state index contributed by atoms with van der Waals surface area (Å²) in [4.78, 5) is 5.08. The number of nitrogens with zero attached hydrogens (tertiary/aromatic N) is 2. The molecule has 1 rings (SSSR count). The van der Waals surface area contributed by atoms with Crippen molar-refractivity contribution < 1.29 is 0 Å². The fraction of sp³-hybridized carbons (Fsp3) is 1.00. The topological polar surface area (TPSA) is 18.5 Å². The van der Waals surface area contributed by atoms with Gasteiger partial charge in [-0.25, -0.2) is 0 Å². The SMILES string of the molecule is CCCNC1CC(C)CC(C)C1N(CCC)CCN(C)C. The first kappa shape index (κ1) is 18.9. The molecule has 3 nitrogen and oxygen atoms in total. The van der Waals surface area contributed by atoms with Crippen LogP contribution in [0.2, 0.25) is 0 Å². The van der Waals surface area contributed by atoms with Gasteiger partial charge < -0.3 is 10.2 Å². The molecule has 0 aromatic heterocycles. The Balaban J connectivity index is 2.76. The molecule has 0 radical (unpaired) electrons. The van der Waals surface area contributed by atoms with E-state index >= 15 is 0 Å². The van der Waals surface area contributed by atoms with Crippen LogP contribution in [0.3, 0.4) is 0 Å². The lowest BCUT2D eigenvalue weighted by Gasteiger charge is -2.46. The van der Waals surface area contributed by atoms with Crippen LogP contribution in [0.15, 0.2) is 0 Å². The highest BCUT2D eigenvalue weighted by atomic mass is 15.2. The molecule has 4 atom stereocenters. The van der Waals surface area contributed by atoms with Gasteiger partial charge in [0.25, 0.3) is 0 Å². The van der Waals surface area contributed by atoms with Gasteiger partial charge in [0.05, 0.1) is 0 Å². The van der Waals surface area contributed by atoms with Gasteiger partial charge in [-0.2, -0.15) is 0 Å². The van der Waals surface area contributed by atoms with Crippen LogP contribution >= 0.6 is 0 Å². The molecular weight excluding hydrogens is 258 g/mol. The van der Waals surface area contributed by atoms with Crippen molar-refractivity contribution in [2.45, 2.75) is 65.5 Å². The average molecular weight is 298 g/mol.